The summed E-state index contributed by atoms with van der Waals surface area (Å²) < 4.78 is 12.1. The molecule has 0 bridgehead atoms. The largest absolute Gasteiger partial charge is 0.508 e. The summed E-state index contributed by atoms with van der Waals surface area (Å²) in [6.45, 7) is 4.43. The molecule has 1 heterocycles. The molecule has 164 valence electrons. The van der Waals surface area contributed by atoms with Gasteiger partial charge >= 0.3 is 5.97 Å². The second kappa shape index (κ2) is 7.90. The summed E-state index contributed by atoms with van der Waals surface area (Å²) in [5.74, 6) is 0.829. The number of phenols is 1. The van der Waals surface area contributed by atoms with E-state index in [0.717, 1.165) is 46.4 Å². The molecule has 0 fully saturated rings. The molecule has 0 spiro atoms. The van der Waals surface area contributed by atoms with E-state index >= 15 is 0 Å². The van der Waals surface area contributed by atoms with Gasteiger partial charge in [0.15, 0.2) is 0 Å². The predicted molar refractivity (Wildman–Crippen MR) is 122 cm³/mol. The lowest BCUT2D eigenvalue weighted by Crippen LogP contribution is -2.07. The van der Waals surface area contributed by atoms with E-state index in [1.54, 1.807) is 6.07 Å². The molecule has 0 aromatic heterocycles. The molecule has 0 saturated carbocycles. The van der Waals surface area contributed by atoms with Gasteiger partial charge in [0.05, 0.1) is 13.0 Å². The molecule has 2 N–H and O–H groups in total. The van der Waals surface area contributed by atoms with Crippen molar-refractivity contribution in [2.24, 2.45) is 0 Å². The summed E-state index contributed by atoms with van der Waals surface area (Å²) in [7, 11) is 0. The number of rotatable bonds is 5. The molecule has 1 aliphatic carbocycles. The first-order chi connectivity index (χ1) is 15.4. The van der Waals surface area contributed by atoms with Crippen molar-refractivity contribution >= 4 is 5.97 Å². The standard InChI is InChI=1S/C27H26O5/c1-15-6-10-23(28)16(2)27(15)22-5-3-4-21-20(22)9-11-24(21)32-18-7-8-19-17(12-26(29)30)14-31-25(19)13-18/h3-8,10,13,17,24,28H,9,11-12,14H2,1-2H3,(H,29,30)/t17-,24-/m1/s1. The summed E-state index contributed by atoms with van der Waals surface area (Å²) in [6, 6.07) is 15.7. The highest BCUT2D eigenvalue weighted by molar-refractivity contribution is 5.77. The number of phenolic OH excluding ortho intramolecular Hbond substituents is 1. The smallest absolute Gasteiger partial charge is 0.304 e. The zero-order valence-electron chi connectivity index (χ0n) is 18.2. The van der Waals surface area contributed by atoms with E-state index in [4.69, 9.17) is 14.6 Å². The van der Waals surface area contributed by atoms with Crippen LogP contribution in [0.4, 0.5) is 0 Å². The predicted octanol–water partition coefficient (Wildman–Crippen LogP) is 5.69. The van der Waals surface area contributed by atoms with Gasteiger partial charge in [0.25, 0.3) is 0 Å². The van der Waals surface area contributed by atoms with E-state index in [1.807, 2.05) is 31.2 Å². The van der Waals surface area contributed by atoms with Gasteiger partial charge in [-0.2, -0.15) is 0 Å². The minimum absolute atomic E-state index is 0.0582. The summed E-state index contributed by atoms with van der Waals surface area (Å²) >= 11 is 0. The molecule has 3 aromatic carbocycles. The third kappa shape index (κ3) is 3.48. The third-order valence-electron chi connectivity index (χ3n) is 6.69. The Bertz CT molecular complexity index is 1210. The number of hydrogen-bond acceptors (Lipinski definition) is 4. The third-order valence-corrected chi connectivity index (χ3v) is 6.69. The highest BCUT2D eigenvalue weighted by Gasteiger charge is 2.30. The van der Waals surface area contributed by atoms with Crippen LogP contribution in [-0.2, 0) is 11.2 Å². The van der Waals surface area contributed by atoms with Crippen molar-refractivity contribution in [2.75, 3.05) is 6.61 Å². The number of aliphatic carboxylic acids is 1. The minimum atomic E-state index is -0.817. The van der Waals surface area contributed by atoms with Crippen molar-refractivity contribution in [2.45, 2.75) is 45.1 Å². The number of carboxylic acids is 1. The Hall–Kier alpha value is -3.47. The van der Waals surface area contributed by atoms with Gasteiger partial charge in [-0.1, -0.05) is 30.3 Å². The topological polar surface area (TPSA) is 76.0 Å². The van der Waals surface area contributed by atoms with Crippen molar-refractivity contribution in [1.29, 1.82) is 0 Å². The van der Waals surface area contributed by atoms with Gasteiger partial charge < -0.3 is 19.7 Å². The lowest BCUT2D eigenvalue weighted by atomic mass is 9.90. The molecule has 0 radical (unpaired) electrons. The van der Waals surface area contributed by atoms with Crippen molar-refractivity contribution in [3.63, 3.8) is 0 Å². The van der Waals surface area contributed by atoms with Crippen molar-refractivity contribution in [3.05, 3.63) is 76.3 Å². The van der Waals surface area contributed by atoms with Gasteiger partial charge in [-0.05, 0) is 72.2 Å². The Labute approximate surface area is 187 Å². The maximum Gasteiger partial charge on any atom is 0.304 e. The number of carboxylic acid groups (broad SMARTS) is 1. The van der Waals surface area contributed by atoms with Crippen LogP contribution in [0.1, 0.15) is 52.7 Å². The average molecular weight is 431 g/mol. The Kier molecular flexibility index (Phi) is 5.04. The van der Waals surface area contributed by atoms with E-state index in [1.165, 1.54) is 11.1 Å². The molecule has 1 aliphatic heterocycles. The van der Waals surface area contributed by atoms with E-state index in [9.17, 15) is 9.90 Å². The van der Waals surface area contributed by atoms with Crippen LogP contribution in [0.3, 0.4) is 0 Å². The Morgan fingerprint density at radius 3 is 2.78 bits per heavy atom. The number of aryl methyl sites for hydroxylation is 1. The highest BCUT2D eigenvalue weighted by Crippen LogP contribution is 2.44. The molecule has 2 atom stereocenters. The zero-order valence-corrected chi connectivity index (χ0v) is 18.2. The van der Waals surface area contributed by atoms with Crippen LogP contribution < -0.4 is 9.47 Å². The molecule has 0 saturated heterocycles. The number of benzene rings is 3. The van der Waals surface area contributed by atoms with Gasteiger partial charge in [0.2, 0.25) is 0 Å². The number of ether oxygens (including phenoxy) is 2. The number of hydrogen-bond donors (Lipinski definition) is 2. The molecule has 32 heavy (non-hydrogen) atoms. The Morgan fingerprint density at radius 1 is 1.12 bits per heavy atom. The number of carbonyl (C=O) groups is 1. The van der Waals surface area contributed by atoms with Crippen LogP contribution in [0.5, 0.6) is 17.2 Å². The van der Waals surface area contributed by atoms with E-state index in [-0.39, 0.29) is 18.4 Å². The quantitative estimate of drug-likeness (QED) is 0.544. The number of aromatic hydroxyl groups is 1. The fourth-order valence-corrected chi connectivity index (χ4v) is 5.10. The van der Waals surface area contributed by atoms with Gasteiger partial charge in [-0.15, -0.1) is 0 Å². The van der Waals surface area contributed by atoms with E-state index in [2.05, 4.69) is 25.1 Å². The number of fused-ring (bicyclic) bond motifs is 2. The van der Waals surface area contributed by atoms with E-state index in [0.29, 0.717) is 18.1 Å². The maximum atomic E-state index is 11.1. The fourth-order valence-electron chi connectivity index (χ4n) is 5.10. The summed E-state index contributed by atoms with van der Waals surface area (Å²) in [5.41, 5.74) is 7.68. The Morgan fingerprint density at radius 2 is 1.97 bits per heavy atom. The van der Waals surface area contributed by atoms with Crippen LogP contribution >= 0.6 is 0 Å². The zero-order chi connectivity index (χ0) is 22.4. The molecule has 0 unspecified atom stereocenters. The minimum Gasteiger partial charge on any atom is -0.508 e. The van der Waals surface area contributed by atoms with Crippen LogP contribution in [0.15, 0.2) is 48.5 Å². The van der Waals surface area contributed by atoms with E-state index < -0.39 is 5.97 Å². The molecule has 0 amide bonds. The highest BCUT2D eigenvalue weighted by atomic mass is 16.5. The van der Waals surface area contributed by atoms with Crippen LogP contribution in [0, 0.1) is 13.8 Å². The SMILES string of the molecule is Cc1ccc(O)c(C)c1-c1cccc2c1CC[C@H]2Oc1ccc2c(c1)OC[C@H]2CC(=O)O. The second-order valence-corrected chi connectivity index (χ2v) is 8.73. The first-order valence-electron chi connectivity index (χ1n) is 11.0. The Balaban J connectivity index is 1.43. The molecule has 5 rings (SSSR count). The molecular weight excluding hydrogens is 404 g/mol. The van der Waals surface area contributed by atoms with Gasteiger partial charge in [-0.3, -0.25) is 4.79 Å². The monoisotopic (exact) mass is 430 g/mol. The molecule has 3 aromatic rings. The lowest BCUT2D eigenvalue weighted by molar-refractivity contribution is -0.137. The second-order valence-electron chi connectivity index (χ2n) is 8.73. The fraction of sp³-hybridized carbons (Fsp3) is 0.296. The normalized spacial score (nSPS) is 18.7. The first-order valence-corrected chi connectivity index (χ1v) is 11.0. The lowest BCUT2D eigenvalue weighted by Gasteiger charge is -2.18. The van der Waals surface area contributed by atoms with Crippen LogP contribution in [0.25, 0.3) is 11.1 Å². The van der Waals surface area contributed by atoms with Crippen molar-refractivity contribution < 1.29 is 24.5 Å². The van der Waals surface area contributed by atoms with Crippen LogP contribution in [0.2, 0.25) is 0 Å². The van der Waals surface area contributed by atoms with Crippen LogP contribution in [-0.4, -0.2) is 22.8 Å². The summed E-state index contributed by atoms with van der Waals surface area (Å²) in [5, 5.41) is 19.4. The molecule has 5 nitrogen and oxygen atoms in total. The summed E-state index contributed by atoms with van der Waals surface area (Å²) in [4.78, 5) is 11.1. The molecule has 5 heteroatoms. The van der Waals surface area contributed by atoms with Gasteiger partial charge in [-0.25, -0.2) is 0 Å². The summed E-state index contributed by atoms with van der Waals surface area (Å²) in [6.07, 6.45) is 1.80. The average Bonchev–Trinajstić information content (AvgIpc) is 3.35. The van der Waals surface area contributed by atoms with Gasteiger partial charge in [0.1, 0.15) is 23.4 Å². The van der Waals surface area contributed by atoms with Gasteiger partial charge in [0, 0.05) is 17.5 Å². The van der Waals surface area contributed by atoms with Crippen molar-refractivity contribution in [3.8, 4) is 28.4 Å². The molecule has 2 aliphatic rings. The maximum absolute atomic E-state index is 11.1. The molecular formula is C27H26O5. The van der Waals surface area contributed by atoms with Crippen molar-refractivity contribution in [1.82, 2.24) is 0 Å². The first kappa shape index (κ1) is 20.4.